The summed E-state index contributed by atoms with van der Waals surface area (Å²) in [6.45, 7) is 10.7. The Labute approximate surface area is 237 Å². The molecule has 3 fully saturated rings. The van der Waals surface area contributed by atoms with Crippen LogP contribution >= 0.6 is 0 Å². The molecule has 3 aliphatic heterocycles. The van der Waals surface area contributed by atoms with E-state index < -0.39 is 29.1 Å². The van der Waals surface area contributed by atoms with E-state index in [0.29, 0.717) is 56.6 Å². The topological polar surface area (TPSA) is 99.6 Å². The highest BCUT2D eigenvalue weighted by Crippen LogP contribution is 2.64. The number of hydrogen-bond donors (Lipinski definition) is 1. The van der Waals surface area contributed by atoms with Gasteiger partial charge in [-0.15, -0.1) is 13.2 Å². The van der Waals surface area contributed by atoms with E-state index in [1.165, 1.54) is 0 Å². The molecule has 4 rings (SSSR count). The Bertz CT molecular complexity index is 1120. The number of carbonyl (C=O) groups is 3. The van der Waals surface area contributed by atoms with Gasteiger partial charge in [0.1, 0.15) is 17.4 Å². The van der Waals surface area contributed by atoms with Crippen LogP contribution in [0.5, 0.6) is 5.75 Å². The van der Waals surface area contributed by atoms with Crippen molar-refractivity contribution in [3.05, 3.63) is 49.6 Å². The van der Waals surface area contributed by atoms with Crippen LogP contribution in [0.3, 0.4) is 0 Å². The fourth-order valence-corrected chi connectivity index (χ4v) is 7.07. The second-order valence-corrected chi connectivity index (χ2v) is 11.1. The molecule has 1 spiro atoms. The molecule has 40 heavy (non-hydrogen) atoms. The average Bonchev–Trinajstić information content (AvgIpc) is 3.57. The number of likely N-dealkylation sites (N-methyl/N-ethyl adjacent to an activating group) is 1. The molecule has 9 nitrogen and oxygen atoms in total. The van der Waals surface area contributed by atoms with E-state index in [9.17, 15) is 19.5 Å². The highest BCUT2D eigenvalue weighted by molar-refractivity contribution is 6.05. The molecule has 3 heterocycles. The summed E-state index contributed by atoms with van der Waals surface area (Å²) in [5.41, 5.74) is -1.23. The fraction of sp³-hybridized carbons (Fsp3) is 0.581. The quantitative estimate of drug-likeness (QED) is 0.281. The molecule has 1 aromatic rings. The highest BCUT2D eigenvalue weighted by Gasteiger charge is 2.78. The minimum absolute atomic E-state index is 0.0712. The third-order valence-corrected chi connectivity index (χ3v) is 8.98. The number of aliphatic hydroxyl groups excluding tert-OH is 1. The number of nitrogens with zero attached hydrogens (tertiary/aromatic N) is 3. The number of methoxy groups -OCH3 is 1. The van der Waals surface area contributed by atoms with E-state index in [4.69, 9.17) is 9.47 Å². The number of rotatable bonds is 14. The van der Waals surface area contributed by atoms with Gasteiger partial charge in [-0.05, 0) is 62.8 Å². The van der Waals surface area contributed by atoms with Crippen molar-refractivity contribution in [3.8, 4) is 5.75 Å². The SMILES string of the molecule is C=CCN(C)C(=O)[C@@H]1[C@H]2C(=O)N(CCCCCO)C(C(=O)N(CC=C)c3ccc(OC)cc3)C23CC[C@@]1(CC)O3. The van der Waals surface area contributed by atoms with Gasteiger partial charge in [-0.25, -0.2) is 0 Å². The molecular formula is C31H43N3O6. The van der Waals surface area contributed by atoms with Crippen LogP contribution in [-0.2, 0) is 19.1 Å². The Kier molecular flexibility index (Phi) is 9.05. The van der Waals surface area contributed by atoms with Crippen LogP contribution in [0.15, 0.2) is 49.6 Å². The first kappa shape index (κ1) is 29.8. The maximum atomic E-state index is 14.6. The number of benzene rings is 1. The zero-order valence-corrected chi connectivity index (χ0v) is 24.0. The number of amides is 3. The van der Waals surface area contributed by atoms with Gasteiger partial charge in [-0.1, -0.05) is 19.1 Å². The monoisotopic (exact) mass is 553 g/mol. The molecule has 3 amide bonds. The third kappa shape index (κ3) is 4.83. The Balaban J connectivity index is 1.78. The number of likely N-dealkylation sites (tertiary alicyclic amines) is 1. The summed E-state index contributed by atoms with van der Waals surface area (Å²) in [6.07, 6.45) is 7.01. The van der Waals surface area contributed by atoms with Crippen LogP contribution in [0, 0.1) is 11.8 Å². The Morgan fingerprint density at radius 2 is 1.82 bits per heavy atom. The van der Waals surface area contributed by atoms with Gasteiger partial charge in [-0.2, -0.15) is 0 Å². The van der Waals surface area contributed by atoms with Gasteiger partial charge in [0.25, 0.3) is 5.91 Å². The van der Waals surface area contributed by atoms with Crippen molar-refractivity contribution in [2.24, 2.45) is 11.8 Å². The molecule has 1 aromatic carbocycles. The predicted molar refractivity (Wildman–Crippen MR) is 153 cm³/mol. The Hall–Kier alpha value is -3.17. The molecule has 9 heteroatoms. The number of aliphatic hydroxyl groups is 1. The molecule has 218 valence electrons. The van der Waals surface area contributed by atoms with Crippen molar-refractivity contribution in [1.82, 2.24) is 9.80 Å². The van der Waals surface area contributed by atoms with Crippen LogP contribution in [0.2, 0.25) is 0 Å². The zero-order chi connectivity index (χ0) is 29.1. The van der Waals surface area contributed by atoms with Crippen LogP contribution in [0.1, 0.15) is 45.4 Å². The van der Waals surface area contributed by atoms with Crippen molar-refractivity contribution in [2.75, 3.05) is 45.3 Å². The van der Waals surface area contributed by atoms with Gasteiger partial charge in [0, 0.05) is 39.0 Å². The first-order valence-corrected chi connectivity index (χ1v) is 14.3. The first-order valence-electron chi connectivity index (χ1n) is 14.3. The number of fused-ring (bicyclic) bond motifs is 1. The summed E-state index contributed by atoms with van der Waals surface area (Å²) in [5.74, 6) is -1.33. The molecule has 1 N–H and O–H groups in total. The molecule has 3 aliphatic rings. The second-order valence-electron chi connectivity index (χ2n) is 11.1. The molecule has 2 bridgehead atoms. The predicted octanol–water partition coefficient (Wildman–Crippen LogP) is 3.18. The largest absolute Gasteiger partial charge is 0.497 e. The lowest BCUT2D eigenvalue weighted by Gasteiger charge is -2.37. The van der Waals surface area contributed by atoms with E-state index in [-0.39, 0.29) is 30.9 Å². The summed E-state index contributed by atoms with van der Waals surface area (Å²) in [7, 11) is 3.30. The molecule has 0 saturated carbocycles. The maximum Gasteiger partial charge on any atom is 0.253 e. The highest BCUT2D eigenvalue weighted by atomic mass is 16.5. The zero-order valence-electron chi connectivity index (χ0n) is 24.0. The van der Waals surface area contributed by atoms with E-state index in [1.807, 2.05) is 19.1 Å². The summed E-state index contributed by atoms with van der Waals surface area (Å²) in [5, 5.41) is 9.28. The van der Waals surface area contributed by atoms with Crippen molar-refractivity contribution in [3.63, 3.8) is 0 Å². The van der Waals surface area contributed by atoms with Crippen LogP contribution in [-0.4, -0.2) is 90.3 Å². The number of hydrogen-bond acceptors (Lipinski definition) is 6. The lowest BCUT2D eigenvalue weighted by molar-refractivity contribution is -0.150. The smallest absolute Gasteiger partial charge is 0.253 e. The van der Waals surface area contributed by atoms with Gasteiger partial charge >= 0.3 is 0 Å². The summed E-state index contributed by atoms with van der Waals surface area (Å²) >= 11 is 0. The number of carbonyl (C=O) groups excluding carboxylic acids is 3. The molecule has 0 aliphatic carbocycles. The maximum absolute atomic E-state index is 14.6. The third-order valence-electron chi connectivity index (χ3n) is 8.98. The Morgan fingerprint density at radius 1 is 1.12 bits per heavy atom. The lowest BCUT2D eigenvalue weighted by atomic mass is 9.64. The molecular weight excluding hydrogens is 510 g/mol. The van der Waals surface area contributed by atoms with E-state index >= 15 is 0 Å². The van der Waals surface area contributed by atoms with Crippen molar-refractivity contribution in [2.45, 2.75) is 62.7 Å². The molecule has 5 atom stereocenters. The second kappa shape index (κ2) is 12.1. The summed E-state index contributed by atoms with van der Waals surface area (Å²) in [4.78, 5) is 47.6. The minimum atomic E-state index is -1.09. The fourth-order valence-electron chi connectivity index (χ4n) is 7.07. The summed E-state index contributed by atoms with van der Waals surface area (Å²) < 4.78 is 12.2. The van der Waals surface area contributed by atoms with Gasteiger partial charge in [0.05, 0.1) is 24.5 Å². The van der Waals surface area contributed by atoms with Gasteiger partial charge in [0.15, 0.2) is 0 Å². The van der Waals surface area contributed by atoms with Crippen LogP contribution in [0.4, 0.5) is 5.69 Å². The van der Waals surface area contributed by atoms with Gasteiger partial charge in [0.2, 0.25) is 11.8 Å². The van der Waals surface area contributed by atoms with E-state index in [0.717, 1.165) is 6.42 Å². The number of ether oxygens (including phenoxy) is 2. The molecule has 2 unspecified atom stereocenters. The Morgan fingerprint density at radius 3 is 2.42 bits per heavy atom. The first-order chi connectivity index (χ1) is 19.2. The van der Waals surface area contributed by atoms with Gasteiger partial charge < -0.3 is 29.3 Å². The lowest BCUT2D eigenvalue weighted by Crippen LogP contribution is -2.56. The standard InChI is InChI=1S/C31H43N3O6/c1-6-18-32(4)27(36)24-25-28(37)34(20-10-9-11-21-35)26(31(25)17-16-30(24,8-3)40-31)29(38)33(19-7-2)22-12-14-23(39-5)15-13-22/h6-7,12-15,24-26,35H,1-2,8-11,16-21H2,3-5H3/t24-,25-,26?,30+,31?/m0/s1. The van der Waals surface area contributed by atoms with Crippen molar-refractivity contribution >= 4 is 23.4 Å². The van der Waals surface area contributed by atoms with E-state index in [1.54, 1.807) is 53.1 Å². The van der Waals surface area contributed by atoms with Crippen LogP contribution in [0.25, 0.3) is 0 Å². The molecule has 3 saturated heterocycles. The molecule has 0 radical (unpaired) electrons. The normalized spacial score (nSPS) is 28.4. The average molecular weight is 554 g/mol. The van der Waals surface area contributed by atoms with Crippen LogP contribution < -0.4 is 9.64 Å². The minimum Gasteiger partial charge on any atom is -0.497 e. The van der Waals surface area contributed by atoms with Crippen molar-refractivity contribution < 1.29 is 29.0 Å². The van der Waals surface area contributed by atoms with E-state index in [2.05, 4.69) is 13.2 Å². The summed E-state index contributed by atoms with van der Waals surface area (Å²) in [6, 6.07) is 6.33. The van der Waals surface area contributed by atoms with Crippen molar-refractivity contribution in [1.29, 1.82) is 0 Å². The number of unbranched alkanes of at least 4 members (excludes halogenated alkanes) is 2. The number of anilines is 1. The van der Waals surface area contributed by atoms with Gasteiger partial charge in [-0.3, -0.25) is 14.4 Å². The molecule has 0 aromatic heterocycles.